The summed E-state index contributed by atoms with van der Waals surface area (Å²) in [5, 5.41) is 6.37. The van der Waals surface area contributed by atoms with Crippen molar-refractivity contribution in [1.82, 2.24) is 14.1 Å². The van der Waals surface area contributed by atoms with Gasteiger partial charge in [0.2, 0.25) is 0 Å². The summed E-state index contributed by atoms with van der Waals surface area (Å²) < 4.78 is 4.89. The highest BCUT2D eigenvalue weighted by molar-refractivity contribution is 6.13. The van der Waals surface area contributed by atoms with E-state index in [1.54, 1.807) is 0 Å². The predicted octanol–water partition coefficient (Wildman–Crippen LogP) is 12.2. The lowest BCUT2D eigenvalue weighted by atomic mass is 10.0. The number of para-hydroxylation sites is 3. The van der Waals surface area contributed by atoms with Gasteiger partial charge in [-0.25, -0.2) is 0 Å². The van der Waals surface area contributed by atoms with Gasteiger partial charge in [0.1, 0.15) is 0 Å². The molecule has 2 aliphatic rings. The minimum atomic E-state index is 0.835. The molecule has 0 aliphatic heterocycles. The van der Waals surface area contributed by atoms with Crippen molar-refractivity contribution in [2.45, 2.75) is 19.8 Å². The second-order valence-electron chi connectivity index (χ2n) is 14.0. The molecule has 0 spiro atoms. The van der Waals surface area contributed by atoms with Gasteiger partial charge in [-0.05, 0) is 95.8 Å². The van der Waals surface area contributed by atoms with Gasteiger partial charge in [-0.15, -0.1) is 0 Å². The summed E-state index contributed by atoms with van der Waals surface area (Å²) in [6, 6.07) is 48.8. The van der Waals surface area contributed by atoms with Gasteiger partial charge in [-0.1, -0.05) is 103 Å². The number of rotatable bonds is 3. The quantitative estimate of drug-likeness (QED) is 0.186. The minimum absolute atomic E-state index is 0.835. The predicted molar refractivity (Wildman–Crippen MR) is 214 cm³/mol. The molecule has 0 fully saturated rings. The summed E-state index contributed by atoms with van der Waals surface area (Å²) in [6.07, 6.45) is 11.0. The minimum Gasteiger partial charge on any atom is -0.313 e. The molecule has 3 aromatic heterocycles. The maximum Gasteiger partial charge on any atom is 0.0705 e. The first-order valence-corrected chi connectivity index (χ1v) is 17.8. The fourth-order valence-corrected chi connectivity index (χ4v) is 8.73. The number of fused-ring (bicyclic) bond motifs is 11. The van der Waals surface area contributed by atoms with Gasteiger partial charge < -0.3 is 9.13 Å². The Morgan fingerprint density at radius 3 is 1.94 bits per heavy atom. The van der Waals surface area contributed by atoms with Crippen molar-refractivity contribution in [2.75, 3.05) is 0 Å². The Bertz CT molecular complexity index is 3020. The molecule has 0 N–H and O–H groups in total. The number of benzene rings is 6. The fourth-order valence-electron chi connectivity index (χ4n) is 8.73. The van der Waals surface area contributed by atoms with Crippen molar-refractivity contribution in [1.29, 1.82) is 0 Å². The number of hydrogen-bond acceptors (Lipinski definition) is 1. The summed E-state index contributed by atoms with van der Waals surface area (Å²) in [4.78, 5) is 4.87. The molecule has 6 aromatic carbocycles. The molecule has 9 aromatic rings. The lowest BCUT2D eigenvalue weighted by Gasteiger charge is -2.12. The van der Waals surface area contributed by atoms with Gasteiger partial charge in [0.25, 0.3) is 0 Å². The van der Waals surface area contributed by atoms with Crippen LogP contribution in [0.2, 0.25) is 0 Å². The van der Waals surface area contributed by atoms with Crippen molar-refractivity contribution in [3.8, 4) is 16.8 Å². The second kappa shape index (κ2) is 10.8. The SMILES string of the molecule is Cc1ccc2ncc3c(c2c1)CC1=CC=C(n2c4ccccc4c4ccc(-c5ccc6c7ccccc7n(-c7ccccc7)c6c5)cc42)CC=C13. The van der Waals surface area contributed by atoms with E-state index in [4.69, 9.17) is 4.98 Å². The summed E-state index contributed by atoms with van der Waals surface area (Å²) >= 11 is 0. The molecule has 0 atom stereocenters. The summed E-state index contributed by atoms with van der Waals surface area (Å²) in [6.45, 7) is 2.17. The Morgan fingerprint density at radius 2 is 1.20 bits per heavy atom. The molecule has 0 radical (unpaired) electrons. The molecule has 3 nitrogen and oxygen atoms in total. The van der Waals surface area contributed by atoms with Crippen molar-refractivity contribution in [3.05, 3.63) is 180 Å². The van der Waals surface area contributed by atoms with Crippen molar-refractivity contribution >= 4 is 65.8 Å². The molecule has 0 saturated carbocycles. The maximum atomic E-state index is 4.87. The zero-order chi connectivity index (χ0) is 33.6. The zero-order valence-electron chi connectivity index (χ0n) is 28.3. The molecule has 51 heavy (non-hydrogen) atoms. The smallest absolute Gasteiger partial charge is 0.0705 e. The number of pyridine rings is 1. The normalized spacial score (nSPS) is 14.2. The maximum absolute atomic E-state index is 4.87. The molecule has 3 heterocycles. The van der Waals surface area contributed by atoms with E-state index in [-0.39, 0.29) is 0 Å². The summed E-state index contributed by atoms with van der Waals surface area (Å²) in [7, 11) is 0. The molecule has 11 rings (SSSR count). The first kappa shape index (κ1) is 28.4. The Kier molecular flexibility index (Phi) is 6.00. The Balaban J connectivity index is 1.07. The average molecular weight is 652 g/mol. The standard InChI is InChI=1S/C48H33N3/c1-30-15-24-44-42(25-30)41-26-33-16-19-35(20-23-36(33)43(41)29-49-44)51-46-14-8-6-12-38(46)40-22-18-32(28-48(40)51)31-17-21-39-37-11-5-7-13-45(37)50(47(39)27-31)34-9-3-2-4-10-34/h2-19,21-25,27-29H,20,26H2,1H3. The average Bonchev–Trinajstić information content (AvgIpc) is 3.77. The van der Waals surface area contributed by atoms with Crippen LogP contribution in [0.15, 0.2) is 163 Å². The van der Waals surface area contributed by atoms with Crippen LogP contribution in [0.1, 0.15) is 23.1 Å². The van der Waals surface area contributed by atoms with Crippen LogP contribution in [0.25, 0.3) is 82.6 Å². The van der Waals surface area contributed by atoms with Gasteiger partial charge in [-0.3, -0.25) is 4.98 Å². The number of aromatic nitrogens is 3. The number of nitrogens with zero attached hydrogens (tertiary/aromatic N) is 3. The molecule has 240 valence electrons. The van der Waals surface area contributed by atoms with E-state index in [9.17, 15) is 0 Å². The van der Waals surface area contributed by atoms with Crippen LogP contribution in [0.3, 0.4) is 0 Å². The first-order valence-electron chi connectivity index (χ1n) is 17.8. The zero-order valence-corrected chi connectivity index (χ0v) is 28.3. The third-order valence-corrected chi connectivity index (χ3v) is 11.1. The van der Waals surface area contributed by atoms with E-state index < -0.39 is 0 Å². The van der Waals surface area contributed by atoms with Crippen LogP contribution in [-0.4, -0.2) is 14.1 Å². The molecule has 0 amide bonds. The number of hydrogen-bond donors (Lipinski definition) is 0. The van der Waals surface area contributed by atoms with Gasteiger partial charge in [0.05, 0.1) is 27.6 Å². The largest absolute Gasteiger partial charge is 0.313 e. The van der Waals surface area contributed by atoms with E-state index in [1.807, 2.05) is 0 Å². The topological polar surface area (TPSA) is 22.8 Å². The molecule has 3 heteroatoms. The third kappa shape index (κ3) is 4.22. The molecule has 0 unspecified atom stereocenters. The Hall–Kier alpha value is -6.45. The first-order chi connectivity index (χ1) is 25.2. The van der Waals surface area contributed by atoms with Gasteiger partial charge in [0, 0.05) is 56.5 Å². The summed E-state index contributed by atoms with van der Waals surface area (Å²) in [5.74, 6) is 0. The highest BCUT2D eigenvalue weighted by Crippen LogP contribution is 2.43. The van der Waals surface area contributed by atoms with Crippen LogP contribution in [0, 0.1) is 6.92 Å². The van der Waals surface area contributed by atoms with Crippen LogP contribution in [0.4, 0.5) is 0 Å². The number of aryl methyl sites for hydroxylation is 1. The van der Waals surface area contributed by atoms with E-state index in [1.165, 1.54) is 99.3 Å². The Morgan fingerprint density at radius 1 is 0.549 bits per heavy atom. The number of allylic oxidation sites excluding steroid dienone is 6. The molecule has 2 aliphatic carbocycles. The van der Waals surface area contributed by atoms with E-state index >= 15 is 0 Å². The van der Waals surface area contributed by atoms with Crippen molar-refractivity contribution in [3.63, 3.8) is 0 Å². The van der Waals surface area contributed by atoms with Crippen LogP contribution < -0.4 is 0 Å². The van der Waals surface area contributed by atoms with E-state index in [0.717, 1.165) is 18.4 Å². The van der Waals surface area contributed by atoms with Gasteiger partial charge in [0.15, 0.2) is 0 Å². The third-order valence-electron chi connectivity index (χ3n) is 11.1. The van der Waals surface area contributed by atoms with Crippen molar-refractivity contribution < 1.29 is 0 Å². The van der Waals surface area contributed by atoms with E-state index in [0.29, 0.717) is 0 Å². The van der Waals surface area contributed by atoms with Crippen molar-refractivity contribution in [2.24, 2.45) is 0 Å². The monoisotopic (exact) mass is 651 g/mol. The lowest BCUT2D eigenvalue weighted by molar-refractivity contribution is 1.14. The van der Waals surface area contributed by atoms with Crippen LogP contribution >= 0.6 is 0 Å². The highest BCUT2D eigenvalue weighted by atomic mass is 15.0. The Labute approximate surface area is 295 Å². The lowest BCUT2D eigenvalue weighted by Crippen LogP contribution is -1.96. The second-order valence-corrected chi connectivity index (χ2v) is 14.0. The molecule has 0 saturated heterocycles. The van der Waals surface area contributed by atoms with Crippen LogP contribution in [0.5, 0.6) is 0 Å². The summed E-state index contributed by atoms with van der Waals surface area (Å²) in [5.41, 5.74) is 17.5. The molecule has 0 bridgehead atoms. The molecular weight excluding hydrogens is 619 g/mol. The molecular formula is C48H33N3. The van der Waals surface area contributed by atoms with E-state index in [2.05, 4.69) is 174 Å². The van der Waals surface area contributed by atoms with Gasteiger partial charge in [-0.2, -0.15) is 0 Å². The van der Waals surface area contributed by atoms with Crippen LogP contribution in [-0.2, 0) is 6.42 Å². The highest BCUT2D eigenvalue weighted by Gasteiger charge is 2.25. The fraction of sp³-hybridized carbons (Fsp3) is 0.0625. The van der Waals surface area contributed by atoms with Gasteiger partial charge >= 0.3 is 0 Å².